The number of halogens is 1. The standard InChI is InChI=1S/C16H15FO3S/c17-14-9-8-13(11-5-1-2-6-12(11)14)16(18)15-7-3-4-10-21(15,19)20/h1-2,5-6,8-9,15H,3-4,7,10H2. The highest BCUT2D eigenvalue weighted by molar-refractivity contribution is 7.92. The molecule has 2 aromatic rings. The third-order valence-electron chi connectivity index (χ3n) is 4.01. The van der Waals surface area contributed by atoms with Gasteiger partial charge in [-0.25, -0.2) is 12.8 Å². The molecule has 5 heteroatoms. The minimum atomic E-state index is -3.39. The zero-order valence-corrected chi connectivity index (χ0v) is 12.2. The highest BCUT2D eigenvalue weighted by Crippen LogP contribution is 2.28. The van der Waals surface area contributed by atoms with E-state index >= 15 is 0 Å². The van der Waals surface area contributed by atoms with E-state index in [9.17, 15) is 17.6 Å². The van der Waals surface area contributed by atoms with Crippen LogP contribution in [0.15, 0.2) is 36.4 Å². The zero-order chi connectivity index (χ0) is 15.0. The highest BCUT2D eigenvalue weighted by Gasteiger charge is 2.35. The lowest BCUT2D eigenvalue weighted by atomic mass is 9.97. The van der Waals surface area contributed by atoms with E-state index in [0.29, 0.717) is 29.2 Å². The maximum absolute atomic E-state index is 13.8. The molecule has 0 saturated carbocycles. The summed E-state index contributed by atoms with van der Waals surface area (Å²) in [5, 5.41) is -0.167. The van der Waals surface area contributed by atoms with Crippen LogP contribution in [0.3, 0.4) is 0 Å². The quantitative estimate of drug-likeness (QED) is 0.801. The molecule has 1 fully saturated rings. The van der Waals surface area contributed by atoms with Gasteiger partial charge in [-0.2, -0.15) is 0 Å². The van der Waals surface area contributed by atoms with Crippen LogP contribution in [0.4, 0.5) is 4.39 Å². The molecule has 1 aliphatic rings. The van der Waals surface area contributed by atoms with Crippen LogP contribution >= 0.6 is 0 Å². The van der Waals surface area contributed by atoms with Crippen LogP contribution < -0.4 is 0 Å². The summed E-state index contributed by atoms with van der Waals surface area (Å²) in [7, 11) is -3.39. The Labute approximate surface area is 122 Å². The zero-order valence-electron chi connectivity index (χ0n) is 11.4. The molecule has 1 aliphatic heterocycles. The summed E-state index contributed by atoms with van der Waals surface area (Å²) in [6, 6.07) is 9.28. The Hall–Kier alpha value is -1.75. The second kappa shape index (κ2) is 5.22. The SMILES string of the molecule is O=C(c1ccc(F)c2ccccc12)C1CCCCS1(=O)=O. The summed E-state index contributed by atoms with van der Waals surface area (Å²) >= 11 is 0. The van der Waals surface area contributed by atoms with Gasteiger partial charge in [0.05, 0.1) is 5.75 Å². The average molecular weight is 306 g/mol. The Balaban J connectivity index is 2.12. The minimum Gasteiger partial charge on any atom is -0.293 e. The van der Waals surface area contributed by atoms with E-state index in [2.05, 4.69) is 0 Å². The summed E-state index contributed by atoms with van der Waals surface area (Å²) in [5.74, 6) is -0.762. The van der Waals surface area contributed by atoms with Gasteiger partial charge < -0.3 is 0 Å². The molecule has 0 N–H and O–H groups in total. The second-order valence-corrected chi connectivity index (χ2v) is 7.66. The van der Waals surface area contributed by atoms with Crippen LogP contribution in [0.25, 0.3) is 10.8 Å². The molecule has 3 nitrogen and oxygen atoms in total. The van der Waals surface area contributed by atoms with Gasteiger partial charge in [0.1, 0.15) is 11.1 Å². The first-order valence-electron chi connectivity index (χ1n) is 6.94. The van der Waals surface area contributed by atoms with Crippen LogP contribution in [0.5, 0.6) is 0 Å². The van der Waals surface area contributed by atoms with Crippen molar-refractivity contribution in [1.29, 1.82) is 0 Å². The largest absolute Gasteiger partial charge is 0.293 e. The van der Waals surface area contributed by atoms with E-state index in [1.165, 1.54) is 12.1 Å². The van der Waals surface area contributed by atoms with Gasteiger partial charge in [-0.05, 0) is 30.4 Å². The van der Waals surface area contributed by atoms with Crippen molar-refractivity contribution in [2.75, 3.05) is 5.75 Å². The number of fused-ring (bicyclic) bond motifs is 1. The van der Waals surface area contributed by atoms with Crippen LogP contribution in [0.2, 0.25) is 0 Å². The van der Waals surface area contributed by atoms with Gasteiger partial charge in [0.15, 0.2) is 15.6 Å². The summed E-state index contributed by atoms with van der Waals surface area (Å²) < 4.78 is 38.0. The average Bonchev–Trinajstić information content (AvgIpc) is 2.47. The Morgan fingerprint density at radius 3 is 2.48 bits per heavy atom. The fourth-order valence-electron chi connectivity index (χ4n) is 2.90. The van der Waals surface area contributed by atoms with Crippen molar-refractivity contribution < 1.29 is 17.6 Å². The summed E-state index contributed by atoms with van der Waals surface area (Å²) in [4.78, 5) is 12.6. The molecule has 0 spiro atoms. The van der Waals surface area contributed by atoms with Gasteiger partial charge in [-0.3, -0.25) is 4.79 Å². The second-order valence-electron chi connectivity index (χ2n) is 5.36. The molecule has 0 radical (unpaired) electrons. The normalized spacial score (nSPS) is 21.3. The van der Waals surface area contributed by atoms with Gasteiger partial charge in [0.25, 0.3) is 0 Å². The molecule has 110 valence electrons. The van der Waals surface area contributed by atoms with Crippen LogP contribution in [0, 0.1) is 5.82 Å². The molecule has 21 heavy (non-hydrogen) atoms. The van der Waals surface area contributed by atoms with Gasteiger partial charge in [0, 0.05) is 10.9 Å². The maximum atomic E-state index is 13.8. The van der Waals surface area contributed by atoms with Crippen LogP contribution in [0.1, 0.15) is 29.6 Å². The molecule has 1 atom stereocenters. The number of hydrogen-bond donors (Lipinski definition) is 0. The van der Waals surface area contributed by atoms with Crippen molar-refractivity contribution in [3.8, 4) is 0 Å². The summed E-state index contributed by atoms with van der Waals surface area (Å²) in [6.07, 6.45) is 1.69. The molecule has 0 aliphatic carbocycles. The van der Waals surface area contributed by atoms with E-state index in [4.69, 9.17) is 0 Å². The predicted octanol–water partition coefficient (Wildman–Crippen LogP) is 3.13. The molecule has 0 amide bonds. The first-order valence-corrected chi connectivity index (χ1v) is 8.65. The topological polar surface area (TPSA) is 51.2 Å². The molecule has 1 unspecified atom stereocenters. The predicted molar refractivity (Wildman–Crippen MR) is 79.7 cm³/mol. The van der Waals surface area contributed by atoms with Crippen molar-refractivity contribution >= 4 is 26.4 Å². The first-order chi connectivity index (χ1) is 10.0. The third-order valence-corrected chi connectivity index (χ3v) is 6.18. The van der Waals surface area contributed by atoms with Crippen molar-refractivity contribution in [3.63, 3.8) is 0 Å². The maximum Gasteiger partial charge on any atom is 0.181 e. The molecule has 2 aromatic carbocycles. The Kier molecular flexibility index (Phi) is 3.53. The number of Topliss-reactive ketones (excluding diaryl/α,β-unsaturated/α-hetero) is 1. The number of hydrogen-bond acceptors (Lipinski definition) is 3. The monoisotopic (exact) mass is 306 g/mol. The van der Waals surface area contributed by atoms with E-state index < -0.39 is 26.7 Å². The van der Waals surface area contributed by atoms with Crippen molar-refractivity contribution in [2.24, 2.45) is 0 Å². The Bertz CT molecular complexity index is 811. The summed E-state index contributed by atoms with van der Waals surface area (Å²) in [5.41, 5.74) is 0.294. The molecule has 0 aromatic heterocycles. The number of carbonyl (C=O) groups is 1. The van der Waals surface area contributed by atoms with Gasteiger partial charge in [0.2, 0.25) is 0 Å². The van der Waals surface area contributed by atoms with Crippen LogP contribution in [-0.2, 0) is 9.84 Å². The molecule has 1 heterocycles. The highest BCUT2D eigenvalue weighted by atomic mass is 32.2. The lowest BCUT2D eigenvalue weighted by Gasteiger charge is -2.21. The van der Waals surface area contributed by atoms with E-state index in [1.54, 1.807) is 24.3 Å². The van der Waals surface area contributed by atoms with Gasteiger partial charge in [-0.15, -0.1) is 0 Å². The lowest BCUT2D eigenvalue weighted by molar-refractivity contribution is 0.0983. The molecule has 3 rings (SSSR count). The molecule has 0 bridgehead atoms. The first kappa shape index (κ1) is 14.2. The van der Waals surface area contributed by atoms with Crippen molar-refractivity contribution in [3.05, 3.63) is 47.8 Å². The fraction of sp³-hybridized carbons (Fsp3) is 0.312. The Morgan fingerprint density at radius 1 is 1.05 bits per heavy atom. The van der Waals surface area contributed by atoms with E-state index in [1.807, 2.05) is 0 Å². The van der Waals surface area contributed by atoms with E-state index in [0.717, 1.165) is 6.42 Å². The van der Waals surface area contributed by atoms with Gasteiger partial charge in [-0.1, -0.05) is 30.7 Å². The molecular weight excluding hydrogens is 291 g/mol. The van der Waals surface area contributed by atoms with E-state index in [-0.39, 0.29) is 5.75 Å². The van der Waals surface area contributed by atoms with Crippen molar-refractivity contribution in [1.82, 2.24) is 0 Å². The summed E-state index contributed by atoms with van der Waals surface area (Å²) in [6.45, 7) is 0. The van der Waals surface area contributed by atoms with Crippen molar-refractivity contribution in [2.45, 2.75) is 24.5 Å². The minimum absolute atomic E-state index is 0.0581. The lowest BCUT2D eigenvalue weighted by Crippen LogP contribution is -2.35. The molecule has 1 saturated heterocycles. The number of carbonyl (C=O) groups excluding carboxylic acids is 1. The number of ketones is 1. The van der Waals surface area contributed by atoms with Gasteiger partial charge >= 0.3 is 0 Å². The molecular formula is C16H15FO3S. The fourth-order valence-corrected chi connectivity index (χ4v) is 4.77. The number of rotatable bonds is 2. The smallest absolute Gasteiger partial charge is 0.181 e. The third kappa shape index (κ3) is 2.46. The Morgan fingerprint density at radius 2 is 1.76 bits per heavy atom. The number of sulfone groups is 1. The number of benzene rings is 2. The van der Waals surface area contributed by atoms with Crippen LogP contribution in [-0.4, -0.2) is 25.2 Å².